The first-order valence-corrected chi connectivity index (χ1v) is 4.38. The highest BCUT2D eigenvalue weighted by Gasteiger charge is 2.27. The Kier molecular flexibility index (Phi) is 1.93. The molecule has 0 atom stereocenters. The molecule has 1 aromatic rings. The maximum Gasteiger partial charge on any atom is 0.138 e. The van der Waals surface area contributed by atoms with Crippen molar-refractivity contribution >= 4 is 11.6 Å². The Labute approximate surface area is 76.5 Å². The predicted octanol–water partition coefficient (Wildman–Crippen LogP) is 2.62. The molecular formula is C9H10ClNO. The van der Waals surface area contributed by atoms with Crippen LogP contribution in [0.3, 0.4) is 0 Å². The van der Waals surface area contributed by atoms with Crippen LogP contribution in [0.4, 0.5) is 0 Å². The molecule has 3 heteroatoms. The zero-order valence-electron chi connectivity index (χ0n) is 6.88. The summed E-state index contributed by atoms with van der Waals surface area (Å²) in [6.07, 6.45) is 4.16. The van der Waals surface area contributed by atoms with Gasteiger partial charge in [0.05, 0.1) is 24.0 Å². The van der Waals surface area contributed by atoms with Gasteiger partial charge in [-0.1, -0.05) is 11.6 Å². The first-order chi connectivity index (χ1) is 5.81. The molecular weight excluding hydrogens is 174 g/mol. The van der Waals surface area contributed by atoms with Crippen molar-refractivity contribution in [3.05, 3.63) is 23.0 Å². The van der Waals surface area contributed by atoms with Crippen LogP contribution in [0.15, 0.2) is 12.3 Å². The van der Waals surface area contributed by atoms with Gasteiger partial charge in [-0.15, -0.1) is 0 Å². The van der Waals surface area contributed by atoms with Crippen molar-refractivity contribution in [2.75, 3.05) is 7.11 Å². The number of methoxy groups -OCH3 is 1. The van der Waals surface area contributed by atoms with Gasteiger partial charge >= 0.3 is 0 Å². The van der Waals surface area contributed by atoms with Crippen LogP contribution in [0.25, 0.3) is 0 Å². The van der Waals surface area contributed by atoms with Crippen LogP contribution in [0.2, 0.25) is 5.02 Å². The van der Waals surface area contributed by atoms with E-state index in [4.69, 9.17) is 16.3 Å². The minimum absolute atomic E-state index is 0.600. The average Bonchev–Trinajstić information content (AvgIpc) is 2.87. The molecule has 0 radical (unpaired) electrons. The monoisotopic (exact) mass is 183 g/mol. The second-order valence-corrected chi connectivity index (χ2v) is 3.42. The van der Waals surface area contributed by atoms with Crippen molar-refractivity contribution in [1.82, 2.24) is 4.98 Å². The third-order valence-corrected chi connectivity index (χ3v) is 2.35. The maximum absolute atomic E-state index is 6.00. The highest BCUT2D eigenvalue weighted by molar-refractivity contribution is 6.31. The first-order valence-electron chi connectivity index (χ1n) is 4.00. The SMILES string of the molecule is COc1cnc(C2CC2)c(Cl)c1. The van der Waals surface area contributed by atoms with Crippen molar-refractivity contribution in [2.24, 2.45) is 0 Å². The molecule has 2 rings (SSSR count). The van der Waals surface area contributed by atoms with Gasteiger partial charge in [0.15, 0.2) is 0 Å². The van der Waals surface area contributed by atoms with Gasteiger partial charge in [-0.25, -0.2) is 0 Å². The van der Waals surface area contributed by atoms with Gasteiger partial charge in [0.2, 0.25) is 0 Å². The number of rotatable bonds is 2. The maximum atomic E-state index is 6.00. The minimum Gasteiger partial charge on any atom is -0.495 e. The van der Waals surface area contributed by atoms with Crippen LogP contribution in [0, 0.1) is 0 Å². The quantitative estimate of drug-likeness (QED) is 0.703. The number of ether oxygens (including phenoxy) is 1. The molecule has 1 aromatic heterocycles. The van der Waals surface area contributed by atoms with Crippen LogP contribution < -0.4 is 4.74 Å². The summed E-state index contributed by atoms with van der Waals surface area (Å²) in [5.41, 5.74) is 1.03. The lowest BCUT2D eigenvalue weighted by molar-refractivity contribution is 0.412. The zero-order valence-corrected chi connectivity index (χ0v) is 7.64. The normalized spacial score (nSPS) is 16.2. The van der Waals surface area contributed by atoms with Gasteiger partial charge in [0, 0.05) is 12.0 Å². The van der Waals surface area contributed by atoms with Gasteiger partial charge < -0.3 is 4.74 Å². The van der Waals surface area contributed by atoms with Crippen molar-refractivity contribution in [3.63, 3.8) is 0 Å². The van der Waals surface area contributed by atoms with E-state index in [2.05, 4.69) is 4.98 Å². The highest BCUT2D eigenvalue weighted by atomic mass is 35.5. The molecule has 0 aromatic carbocycles. The molecule has 0 amide bonds. The summed E-state index contributed by atoms with van der Waals surface area (Å²) in [5.74, 6) is 1.33. The standard InChI is InChI=1S/C9H10ClNO/c1-12-7-4-8(10)9(11-5-7)6-2-3-6/h4-6H,2-3H2,1H3. The molecule has 0 unspecified atom stereocenters. The van der Waals surface area contributed by atoms with E-state index in [-0.39, 0.29) is 0 Å². The summed E-state index contributed by atoms with van der Waals surface area (Å²) in [6, 6.07) is 1.82. The molecule has 1 aliphatic carbocycles. The smallest absolute Gasteiger partial charge is 0.138 e. The molecule has 1 aliphatic rings. The van der Waals surface area contributed by atoms with E-state index in [0.717, 1.165) is 16.5 Å². The molecule has 64 valence electrons. The number of hydrogen-bond donors (Lipinski definition) is 0. The van der Waals surface area contributed by atoms with Crippen LogP contribution in [-0.4, -0.2) is 12.1 Å². The molecule has 1 saturated carbocycles. The second-order valence-electron chi connectivity index (χ2n) is 3.02. The molecule has 0 bridgehead atoms. The number of pyridine rings is 1. The van der Waals surface area contributed by atoms with Crippen LogP contribution in [0.5, 0.6) is 5.75 Å². The Morgan fingerprint density at radius 1 is 1.58 bits per heavy atom. The van der Waals surface area contributed by atoms with Crippen LogP contribution in [-0.2, 0) is 0 Å². The van der Waals surface area contributed by atoms with E-state index in [0.29, 0.717) is 5.92 Å². The molecule has 0 N–H and O–H groups in total. The van der Waals surface area contributed by atoms with Crippen LogP contribution >= 0.6 is 11.6 Å². The number of halogens is 1. The fourth-order valence-corrected chi connectivity index (χ4v) is 1.51. The Morgan fingerprint density at radius 2 is 2.33 bits per heavy atom. The van der Waals surface area contributed by atoms with E-state index in [1.54, 1.807) is 13.3 Å². The molecule has 1 heterocycles. The van der Waals surface area contributed by atoms with E-state index in [9.17, 15) is 0 Å². The lowest BCUT2D eigenvalue weighted by Crippen LogP contribution is -1.90. The average molecular weight is 184 g/mol. The third-order valence-electron chi connectivity index (χ3n) is 2.04. The summed E-state index contributed by atoms with van der Waals surface area (Å²) < 4.78 is 5.00. The molecule has 1 fully saturated rings. The van der Waals surface area contributed by atoms with Crippen molar-refractivity contribution in [3.8, 4) is 5.75 Å². The summed E-state index contributed by atoms with van der Waals surface area (Å²) >= 11 is 6.00. The van der Waals surface area contributed by atoms with Gasteiger partial charge in [0.1, 0.15) is 5.75 Å². The molecule has 0 aliphatic heterocycles. The Morgan fingerprint density at radius 3 is 2.83 bits per heavy atom. The van der Waals surface area contributed by atoms with E-state index in [1.807, 2.05) is 6.07 Å². The van der Waals surface area contributed by atoms with Gasteiger partial charge in [-0.3, -0.25) is 4.98 Å². The third kappa shape index (κ3) is 1.39. The molecule has 12 heavy (non-hydrogen) atoms. The first kappa shape index (κ1) is 7.87. The molecule has 0 spiro atoms. The minimum atomic E-state index is 0.600. The van der Waals surface area contributed by atoms with Crippen molar-refractivity contribution in [2.45, 2.75) is 18.8 Å². The van der Waals surface area contributed by atoms with Crippen molar-refractivity contribution < 1.29 is 4.74 Å². The van der Waals surface area contributed by atoms with Gasteiger partial charge in [-0.05, 0) is 12.8 Å². The Hall–Kier alpha value is -0.760. The second kappa shape index (κ2) is 2.94. The topological polar surface area (TPSA) is 22.1 Å². The summed E-state index contributed by atoms with van der Waals surface area (Å²) in [5, 5.41) is 0.733. The Bertz CT molecular complexity index is 297. The van der Waals surface area contributed by atoms with Crippen molar-refractivity contribution in [1.29, 1.82) is 0 Å². The highest BCUT2D eigenvalue weighted by Crippen LogP contribution is 2.42. The van der Waals surface area contributed by atoms with Gasteiger partial charge in [0.25, 0.3) is 0 Å². The zero-order chi connectivity index (χ0) is 8.55. The predicted molar refractivity (Wildman–Crippen MR) is 47.8 cm³/mol. The lowest BCUT2D eigenvalue weighted by atomic mass is 10.2. The number of nitrogens with zero attached hydrogens (tertiary/aromatic N) is 1. The summed E-state index contributed by atoms with van der Waals surface area (Å²) in [4.78, 5) is 4.25. The molecule has 2 nitrogen and oxygen atoms in total. The Balaban J connectivity index is 2.32. The van der Waals surface area contributed by atoms with Crippen LogP contribution in [0.1, 0.15) is 24.5 Å². The van der Waals surface area contributed by atoms with E-state index < -0.39 is 0 Å². The van der Waals surface area contributed by atoms with E-state index in [1.165, 1.54) is 12.8 Å². The summed E-state index contributed by atoms with van der Waals surface area (Å²) in [7, 11) is 1.62. The van der Waals surface area contributed by atoms with Gasteiger partial charge in [-0.2, -0.15) is 0 Å². The van der Waals surface area contributed by atoms with E-state index >= 15 is 0 Å². The fraction of sp³-hybridized carbons (Fsp3) is 0.444. The molecule has 0 saturated heterocycles. The number of hydrogen-bond acceptors (Lipinski definition) is 2. The lowest BCUT2D eigenvalue weighted by Gasteiger charge is -2.03. The number of aromatic nitrogens is 1. The fourth-order valence-electron chi connectivity index (χ4n) is 1.20. The largest absolute Gasteiger partial charge is 0.495 e. The summed E-state index contributed by atoms with van der Waals surface area (Å²) in [6.45, 7) is 0.